The zero-order valence-corrected chi connectivity index (χ0v) is 12.1. The van der Waals surface area contributed by atoms with Crippen LogP contribution in [0, 0.1) is 0 Å². The van der Waals surface area contributed by atoms with Crippen molar-refractivity contribution in [2.75, 3.05) is 18.9 Å². The quantitative estimate of drug-likeness (QED) is 0.677. The summed E-state index contributed by atoms with van der Waals surface area (Å²) in [6, 6.07) is 10.4. The number of ketones is 1. The zero-order valence-electron chi connectivity index (χ0n) is 10.6. The number of hydrogen-bond donors (Lipinski definition) is 1. The van der Waals surface area contributed by atoms with Gasteiger partial charge in [0, 0.05) is 21.3 Å². The summed E-state index contributed by atoms with van der Waals surface area (Å²) in [5.41, 5.74) is 7.35. The number of rotatable bonds is 2. The van der Waals surface area contributed by atoms with Crippen molar-refractivity contribution in [1.29, 1.82) is 0 Å². The zero-order chi connectivity index (χ0) is 14.1. The Labute approximate surface area is 124 Å². The molecule has 1 aliphatic heterocycles. The number of fused-ring (bicyclic) bond motifs is 1. The summed E-state index contributed by atoms with van der Waals surface area (Å²) < 4.78 is 11.7. The monoisotopic (exact) mass is 333 g/mol. The molecule has 0 bridgehead atoms. The van der Waals surface area contributed by atoms with Gasteiger partial charge in [-0.2, -0.15) is 0 Å². The Kier molecular flexibility index (Phi) is 3.36. The number of benzene rings is 2. The van der Waals surface area contributed by atoms with Crippen LogP contribution in [0.3, 0.4) is 0 Å². The summed E-state index contributed by atoms with van der Waals surface area (Å²) in [7, 11) is 0. The number of ether oxygens (including phenoxy) is 2. The van der Waals surface area contributed by atoms with E-state index in [2.05, 4.69) is 15.9 Å². The number of anilines is 1. The molecular formula is C15H12BrNO3. The van der Waals surface area contributed by atoms with E-state index in [0.29, 0.717) is 46.0 Å². The molecule has 0 saturated heterocycles. The van der Waals surface area contributed by atoms with Gasteiger partial charge in [0.2, 0.25) is 0 Å². The SMILES string of the molecule is Nc1cccc(C(=O)c2cc3c(cc2Br)OCCO3)c1. The first-order valence-electron chi connectivity index (χ1n) is 6.14. The maximum atomic E-state index is 12.5. The first-order chi connectivity index (χ1) is 9.65. The number of halogens is 1. The van der Waals surface area contributed by atoms with Gasteiger partial charge in [0.15, 0.2) is 17.3 Å². The lowest BCUT2D eigenvalue weighted by molar-refractivity contribution is 0.103. The molecule has 0 spiro atoms. The molecule has 0 aliphatic carbocycles. The van der Waals surface area contributed by atoms with Gasteiger partial charge in [0.25, 0.3) is 0 Å². The predicted octanol–water partition coefficient (Wildman–Crippen LogP) is 3.03. The number of nitrogen functional groups attached to an aromatic ring is 1. The van der Waals surface area contributed by atoms with Crippen molar-refractivity contribution in [1.82, 2.24) is 0 Å². The number of hydrogen-bond acceptors (Lipinski definition) is 4. The molecular weight excluding hydrogens is 322 g/mol. The molecule has 102 valence electrons. The van der Waals surface area contributed by atoms with Crippen LogP contribution < -0.4 is 15.2 Å². The average molecular weight is 334 g/mol. The van der Waals surface area contributed by atoms with Gasteiger partial charge in [-0.3, -0.25) is 4.79 Å². The minimum Gasteiger partial charge on any atom is -0.486 e. The molecule has 0 aromatic heterocycles. The molecule has 4 nitrogen and oxygen atoms in total. The molecule has 0 saturated carbocycles. The van der Waals surface area contributed by atoms with Crippen LogP contribution in [0.5, 0.6) is 11.5 Å². The van der Waals surface area contributed by atoms with Crippen LogP contribution in [0.25, 0.3) is 0 Å². The van der Waals surface area contributed by atoms with Gasteiger partial charge < -0.3 is 15.2 Å². The third-order valence-electron chi connectivity index (χ3n) is 3.03. The molecule has 5 heteroatoms. The van der Waals surface area contributed by atoms with Crippen molar-refractivity contribution in [3.05, 3.63) is 52.0 Å². The van der Waals surface area contributed by atoms with Crippen molar-refractivity contribution in [2.45, 2.75) is 0 Å². The molecule has 1 aliphatic rings. The van der Waals surface area contributed by atoms with Crippen LogP contribution in [-0.2, 0) is 0 Å². The van der Waals surface area contributed by atoms with Crippen LogP contribution in [0.2, 0.25) is 0 Å². The highest BCUT2D eigenvalue weighted by atomic mass is 79.9. The lowest BCUT2D eigenvalue weighted by atomic mass is 10.0. The van der Waals surface area contributed by atoms with Crippen LogP contribution in [0.1, 0.15) is 15.9 Å². The second kappa shape index (κ2) is 5.17. The molecule has 2 aromatic carbocycles. The molecule has 2 aromatic rings. The Morgan fingerprint density at radius 3 is 2.50 bits per heavy atom. The standard InChI is InChI=1S/C15H12BrNO3/c16-12-8-14-13(19-4-5-20-14)7-11(12)15(18)9-2-1-3-10(17)6-9/h1-3,6-8H,4-5,17H2. The summed E-state index contributed by atoms with van der Waals surface area (Å²) in [6.07, 6.45) is 0. The lowest BCUT2D eigenvalue weighted by Gasteiger charge is -2.19. The van der Waals surface area contributed by atoms with Crippen molar-refractivity contribution in [3.8, 4) is 11.5 Å². The van der Waals surface area contributed by atoms with E-state index in [9.17, 15) is 4.79 Å². The first-order valence-corrected chi connectivity index (χ1v) is 6.94. The molecule has 20 heavy (non-hydrogen) atoms. The first kappa shape index (κ1) is 13.0. The van der Waals surface area contributed by atoms with E-state index in [1.807, 2.05) is 0 Å². The fourth-order valence-electron chi connectivity index (χ4n) is 2.07. The topological polar surface area (TPSA) is 61.6 Å². The highest BCUT2D eigenvalue weighted by Gasteiger charge is 2.19. The fourth-order valence-corrected chi connectivity index (χ4v) is 2.58. The second-order valence-corrected chi connectivity index (χ2v) is 5.28. The maximum Gasteiger partial charge on any atom is 0.194 e. The van der Waals surface area contributed by atoms with Gasteiger partial charge >= 0.3 is 0 Å². The van der Waals surface area contributed by atoms with E-state index < -0.39 is 0 Å². The molecule has 0 amide bonds. The normalized spacial score (nSPS) is 13.1. The van der Waals surface area contributed by atoms with E-state index in [0.717, 1.165) is 0 Å². The summed E-state index contributed by atoms with van der Waals surface area (Å²) in [5, 5.41) is 0. The fraction of sp³-hybridized carbons (Fsp3) is 0.133. The van der Waals surface area contributed by atoms with Gasteiger partial charge in [0.05, 0.1) is 0 Å². The third-order valence-corrected chi connectivity index (χ3v) is 3.68. The molecule has 0 radical (unpaired) electrons. The Bertz CT molecular complexity index is 685. The van der Waals surface area contributed by atoms with Crippen molar-refractivity contribution < 1.29 is 14.3 Å². The maximum absolute atomic E-state index is 12.5. The Morgan fingerprint density at radius 2 is 1.80 bits per heavy atom. The minimum absolute atomic E-state index is 0.110. The number of carbonyl (C=O) groups excluding carboxylic acids is 1. The van der Waals surface area contributed by atoms with Gasteiger partial charge in [-0.1, -0.05) is 12.1 Å². The summed E-state index contributed by atoms with van der Waals surface area (Å²) in [4.78, 5) is 12.5. The Morgan fingerprint density at radius 1 is 1.10 bits per heavy atom. The van der Waals surface area contributed by atoms with Crippen molar-refractivity contribution >= 4 is 27.4 Å². The van der Waals surface area contributed by atoms with Gasteiger partial charge in [0.1, 0.15) is 13.2 Å². The van der Waals surface area contributed by atoms with Crippen molar-refractivity contribution in [2.24, 2.45) is 0 Å². The number of carbonyl (C=O) groups is 1. The van der Waals surface area contributed by atoms with Crippen molar-refractivity contribution in [3.63, 3.8) is 0 Å². The lowest BCUT2D eigenvalue weighted by Crippen LogP contribution is -2.16. The molecule has 0 unspecified atom stereocenters. The van der Waals surface area contributed by atoms with E-state index in [1.54, 1.807) is 36.4 Å². The molecule has 1 heterocycles. The van der Waals surface area contributed by atoms with E-state index >= 15 is 0 Å². The van der Waals surface area contributed by atoms with Gasteiger partial charge in [-0.05, 0) is 40.2 Å². The largest absolute Gasteiger partial charge is 0.486 e. The summed E-state index contributed by atoms with van der Waals surface area (Å²) >= 11 is 3.40. The Hall–Kier alpha value is -2.01. The highest BCUT2D eigenvalue weighted by molar-refractivity contribution is 9.10. The van der Waals surface area contributed by atoms with Crippen LogP contribution in [-0.4, -0.2) is 19.0 Å². The van der Waals surface area contributed by atoms with Crippen LogP contribution in [0.15, 0.2) is 40.9 Å². The van der Waals surface area contributed by atoms with E-state index in [-0.39, 0.29) is 5.78 Å². The van der Waals surface area contributed by atoms with Crippen LogP contribution in [0.4, 0.5) is 5.69 Å². The van der Waals surface area contributed by atoms with Crippen LogP contribution >= 0.6 is 15.9 Å². The molecule has 3 rings (SSSR count). The average Bonchev–Trinajstić information content (AvgIpc) is 2.46. The highest BCUT2D eigenvalue weighted by Crippen LogP contribution is 2.36. The molecule has 0 fully saturated rings. The summed E-state index contributed by atoms with van der Waals surface area (Å²) in [5.74, 6) is 1.13. The minimum atomic E-state index is -0.110. The van der Waals surface area contributed by atoms with Gasteiger partial charge in [-0.15, -0.1) is 0 Å². The third kappa shape index (κ3) is 2.36. The van der Waals surface area contributed by atoms with Gasteiger partial charge in [-0.25, -0.2) is 0 Å². The smallest absolute Gasteiger partial charge is 0.194 e. The van der Waals surface area contributed by atoms with E-state index in [1.165, 1.54) is 0 Å². The number of nitrogens with two attached hydrogens (primary N) is 1. The van der Waals surface area contributed by atoms with E-state index in [4.69, 9.17) is 15.2 Å². The Balaban J connectivity index is 2.03. The summed E-state index contributed by atoms with van der Waals surface area (Å²) in [6.45, 7) is 1.00. The molecule has 2 N–H and O–H groups in total. The second-order valence-electron chi connectivity index (χ2n) is 4.43. The molecule has 0 atom stereocenters. The predicted molar refractivity (Wildman–Crippen MR) is 79.4 cm³/mol.